The molecule has 1 aromatic carbocycles. The predicted molar refractivity (Wildman–Crippen MR) is 57.1 cm³/mol. The van der Waals surface area contributed by atoms with E-state index in [9.17, 15) is 4.79 Å². The standard InChI is InChI=1S/C9H10O.C3H6/c1-7-4-3-5-9(6-7)8(2)10;1-3-2/h3-6H,1-2H3;3H,1H2,2H3. The number of rotatable bonds is 1. The van der Waals surface area contributed by atoms with Crippen molar-refractivity contribution in [1.29, 1.82) is 0 Å². The number of Topliss-reactive ketones (excluding diaryl/α,β-unsaturated/α-hetero) is 1. The summed E-state index contributed by atoms with van der Waals surface area (Å²) in [6.45, 7) is 8.81. The van der Waals surface area contributed by atoms with Gasteiger partial charge in [-0.3, -0.25) is 4.79 Å². The molecule has 1 nitrogen and oxygen atoms in total. The minimum atomic E-state index is 0.128. The van der Waals surface area contributed by atoms with Crippen LogP contribution in [0, 0.1) is 6.92 Å². The van der Waals surface area contributed by atoms with Gasteiger partial charge >= 0.3 is 0 Å². The number of aryl methyl sites for hydroxylation is 1. The third-order valence-corrected chi connectivity index (χ3v) is 1.42. The molecule has 0 bridgehead atoms. The SMILES string of the molecule is C=CC.CC(=O)c1cccc(C)c1. The largest absolute Gasteiger partial charge is 0.295 e. The Labute approximate surface area is 80.1 Å². The van der Waals surface area contributed by atoms with Gasteiger partial charge in [-0.15, -0.1) is 6.58 Å². The summed E-state index contributed by atoms with van der Waals surface area (Å²) in [7, 11) is 0. The first kappa shape index (κ1) is 11.6. The quantitative estimate of drug-likeness (QED) is 0.473. The van der Waals surface area contributed by atoms with Crippen molar-refractivity contribution >= 4 is 5.78 Å². The maximum Gasteiger partial charge on any atom is 0.159 e. The third kappa shape index (κ3) is 4.96. The number of allylic oxidation sites excluding steroid dienone is 1. The maximum atomic E-state index is 10.8. The van der Waals surface area contributed by atoms with Gasteiger partial charge in [0.15, 0.2) is 5.78 Å². The van der Waals surface area contributed by atoms with Crippen LogP contribution in [-0.4, -0.2) is 5.78 Å². The first-order valence-electron chi connectivity index (χ1n) is 4.26. The van der Waals surface area contributed by atoms with Crippen molar-refractivity contribution in [3.8, 4) is 0 Å². The monoisotopic (exact) mass is 176 g/mol. The molecule has 0 unspecified atom stereocenters. The molecule has 0 N–H and O–H groups in total. The van der Waals surface area contributed by atoms with Crippen LogP contribution < -0.4 is 0 Å². The Morgan fingerprint density at radius 2 is 2.00 bits per heavy atom. The lowest BCUT2D eigenvalue weighted by Gasteiger charge is -1.94. The Balaban J connectivity index is 0.000000424. The Kier molecular flexibility index (Phi) is 5.53. The van der Waals surface area contributed by atoms with Crippen molar-refractivity contribution in [2.75, 3.05) is 0 Å². The van der Waals surface area contributed by atoms with Crippen LogP contribution in [0.25, 0.3) is 0 Å². The summed E-state index contributed by atoms with van der Waals surface area (Å²) in [5.74, 6) is 0.128. The molecule has 0 aromatic heterocycles. The summed E-state index contributed by atoms with van der Waals surface area (Å²) in [4.78, 5) is 10.8. The van der Waals surface area contributed by atoms with E-state index < -0.39 is 0 Å². The minimum absolute atomic E-state index is 0.128. The van der Waals surface area contributed by atoms with Gasteiger partial charge in [0.2, 0.25) is 0 Å². The number of carbonyl (C=O) groups excluding carboxylic acids is 1. The summed E-state index contributed by atoms with van der Waals surface area (Å²) in [6, 6.07) is 7.59. The van der Waals surface area contributed by atoms with Crippen LogP contribution in [0.2, 0.25) is 0 Å². The van der Waals surface area contributed by atoms with Gasteiger partial charge < -0.3 is 0 Å². The molecule has 70 valence electrons. The first-order chi connectivity index (χ1) is 6.11. The predicted octanol–water partition coefficient (Wildman–Crippen LogP) is 3.39. The number of benzene rings is 1. The molecule has 0 radical (unpaired) electrons. The lowest BCUT2D eigenvalue weighted by Crippen LogP contribution is -1.90. The van der Waals surface area contributed by atoms with Crippen LogP contribution in [0.4, 0.5) is 0 Å². The second-order valence-electron chi connectivity index (χ2n) is 2.83. The lowest BCUT2D eigenvalue weighted by molar-refractivity contribution is 0.101. The molecule has 0 heterocycles. The molecule has 0 amide bonds. The fourth-order valence-corrected chi connectivity index (χ4v) is 0.864. The van der Waals surface area contributed by atoms with Crippen molar-refractivity contribution in [2.45, 2.75) is 20.8 Å². The molecule has 0 saturated heterocycles. The van der Waals surface area contributed by atoms with Gasteiger partial charge in [-0.1, -0.05) is 29.8 Å². The van der Waals surface area contributed by atoms with Crippen molar-refractivity contribution in [2.24, 2.45) is 0 Å². The molecular weight excluding hydrogens is 160 g/mol. The lowest BCUT2D eigenvalue weighted by atomic mass is 10.1. The molecular formula is C12H16O. The number of carbonyl (C=O) groups is 1. The topological polar surface area (TPSA) is 17.1 Å². The van der Waals surface area contributed by atoms with Crippen molar-refractivity contribution < 1.29 is 4.79 Å². The van der Waals surface area contributed by atoms with Gasteiger partial charge in [-0.2, -0.15) is 0 Å². The third-order valence-electron chi connectivity index (χ3n) is 1.42. The summed E-state index contributed by atoms with van der Waals surface area (Å²) in [5.41, 5.74) is 1.92. The Hall–Kier alpha value is -1.37. The molecule has 0 aliphatic rings. The highest BCUT2D eigenvalue weighted by molar-refractivity contribution is 5.94. The molecule has 0 aliphatic carbocycles. The van der Waals surface area contributed by atoms with E-state index in [1.165, 1.54) is 0 Å². The smallest absolute Gasteiger partial charge is 0.159 e. The van der Waals surface area contributed by atoms with Gasteiger partial charge in [0.25, 0.3) is 0 Å². The molecule has 1 aromatic rings. The Morgan fingerprint density at radius 3 is 2.31 bits per heavy atom. The van der Waals surface area contributed by atoms with Gasteiger partial charge in [0, 0.05) is 5.56 Å². The Bertz CT molecular complexity index is 287. The average Bonchev–Trinajstić information content (AvgIpc) is 2.05. The van der Waals surface area contributed by atoms with E-state index in [-0.39, 0.29) is 5.78 Å². The molecule has 0 spiro atoms. The van der Waals surface area contributed by atoms with Crippen molar-refractivity contribution in [1.82, 2.24) is 0 Å². The van der Waals surface area contributed by atoms with Crippen LogP contribution in [0.5, 0.6) is 0 Å². The summed E-state index contributed by atoms with van der Waals surface area (Å²) in [6.07, 6.45) is 1.75. The van der Waals surface area contributed by atoms with E-state index in [0.29, 0.717) is 0 Å². The van der Waals surface area contributed by atoms with E-state index in [2.05, 4.69) is 6.58 Å². The molecule has 0 saturated carbocycles. The minimum Gasteiger partial charge on any atom is -0.295 e. The van der Waals surface area contributed by atoms with Crippen molar-refractivity contribution in [3.63, 3.8) is 0 Å². The molecule has 0 fully saturated rings. The number of hydrogen-bond donors (Lipinski definition) is 0. The zero-order valence-corrected chi connectivity index (χ0v) is 8.50. The van der Waals surface area contributed by atoms with Gasteiger partial charge in [0.1, 0.15) is 0 Å². The van der Waals surface area contributed by atoms with E-state index >= 15 is 0 Å². The average molecular weight is 176 g/mol. The zero-order valence-electron chi connectivity index (χ0n) is 8.50. The maximum absolute atomic E-state index is 10.8. The second kappa shape index (κ2) is 6.18. The van der Waals surface area contributed by atoms with E-state index in [4.69, 9.17) is 0 Å². The van der Waals surface area contributed by atoms with Gasteiger partial charge in [0.05, 0.1) is 0 Å². The first-order valence-corrected chi connectivity index (χ1v) is 4.26. The van der Waals surface area contributed by atoms with Crippen molar-refractivity contribution in [3.05, 3.63) is 48.0 Å². The summed E-state index contributed by atoms with van der Waals surface area (Å²) >= 11 is 0. The molecule has 1 rings (SSSR count). The molecule has 0 atom stereocenters. The van der Waals surface area contributed by atoms with Crippen LogP contribution >= 0.6 is 0 Å². The van der Waals surface area contributed by atoms with E-state index in [1.807, 2.05) is 38.1 Å². The molecule has 13 heavy (non-hydrogen) atoms. The summed E-state index contributed by atoms with van der Waals surface area (Å²) in [5, 5.41) is 0. The highest BCUT2D eigenvalue weighted by Gasteiger charge is 1.95. The Morgan fingerprint density at radius 1 is 1.46 bits per heavy atom. The van der Waals surface area contributed by atoms with Gasteiger partial charge in [-0.25, -0.2) is 0 Å². The van der Waals surface area contributed by atoms with Crippen LogP contribution in [0.15, 0.2) is 36.9 Å². The van der Waals surface area contributed by atoms with Crippen LogP contribution in [0.3, 0.4) is 0 Å². The van der Waals surface area contributed by atoms with Gasteiger partial charge in [-0.05, 0) is 26.8 Å². The van der Waals surface area contributed by atoms with E-state index in [0.717, 1.165) is 11.1 Å². The fourth-order valence-electron chi connectivity index (χ4n) is 0.864. The molecule has 1 heteroatoms. The van der Waals surface area contributed by atoms with E-state index in [1.54, 1.807) is 13.0 Å². The highest BCUT2D eigenvalue weighted by atomic mass is 16.1. The van der Waals surface area contributed by atoms with Crippen LogP contribution in [-0.2, 0) is 0 Å². The second-order valence-corrected chi connectivity index (χ2v) is 2.83. The highest BCUT2D eigenvalue weighted by Crippen LogP contribution is 2.03. The van der Waals surface area contributed by atoms with Crippen LogP contribution in [0.1, 0.15) is 29.8 Å². The number of hydrogen-bond acceptors (Lipinski definition) is 1. The number of ketones is 1. The molecule has 0 aliphatic heterocycles. The fraction of sp³-hybridized carbons (Fsp3) is 0.250. The normalized spacial score (nSPS) is 8.23. The zero-order chi connectivity index (χ0) is 10.3. The summed E-state index contributed by atoms with van der Waals surface area (Å²) < 4.78 is 0.